The molecule has 0 fully saturated rings. The second kappa shape index (κ2) is 8.99. The number of fused-ring (bicyclic) bond motifs is 3. The predicted molar refractivity (Wildman–Crippen MR) is 127 cm³/mol. The van der Waals surface area contributed by atoms with Crippen LogP contribution < -0.4 is 5.32 Å². The van der Waals surface area contributed by atoms with Crippen LogP contribution >= 0.6 is 11.6 Å². The lowest BCUT2D eigenvalue weighted by Crippen LogP contribution is -2.14. The molecule has 0 radical (unpaired) electrons. The number of aromatic carboxylic acids is 1. The molecule has 2 aromatic carbocycles. The Hall–Kier alpha value is -4.17. The molecule has 5 rings (SSSR count). The molecule has 0 saturated heterocycles. The first-order chi connectivity index (χ1) is 16.5. The van der Waals surface area contributed by atoms with Crippen LogP contribution in [0.15, 0.2) is 72.0 Å². The zero-order valence-corrected chi connectivity index (χ0v) is 18.4. The van der Waals surface area contributed by atoms with E-state index in [-0.39, 0.29) is 17.8 Å². The Labute approximate surface area is 199 Å². The smallest absolute Gasteiger partial charge is 0.335 e. The molecule has 34 heavy (non-hydrogen) atoms. The molecule has 0 amide bonds. The van der Waals surface area contributed by atoms with Gasteiger partial charge in [0.2, 0.25) is 5.95 Å². The van der Waals surface area contributed by atoms with E-state index in [1.54, 1.807) is 30.5 Å². The van der Waals surface area contributed by atoms with Crippen molar-refractivity contribution in [3.8, 4) is 11.3 Å². The van der Waals surface area contributed by atoms with Crippen LogP contribution in [-0.4, -0.2) is 31.7 Å². The number of hydrogen-bond donors (Lipinski definition) is 2. The van der Waals surface area contributed by atoms with Crippen LogP contribution in [0.5, 0.6) is 0 Å². The van der Waals surface area contributed by atoms with Crippen molar-refractivity contribution < 1.29 is 14.3 Å². The van der Waals surface area contributed by atoms with Gasteiger partial charge in [0.25, 0.3) is 0 Å². The van der Waals surface area contributed by atoms with Crippen molar-refractivity contribution in [2.75, 3.05) is 5.32 Å². The fraction of sp³-hybridized carbons (Fsp3) is 0.0800. The summed E-state index contributed by atoms with van der Waals surface area (Å²) in [4.78, 5) is 29.0. The summed E-state index contributed by atoms with van der Waals surface area (Å²) >= 11 is 6.28. The quantitative estimate of drug-likeness (QED) is 0.416. The highest BCUT2D eigenvalue weighted by atomic mass is 35.5. The van der Waals surface area contributed by atoms with Crippen molar-refractivity contribution in [1.29, 1.82) is 0 Å². The number of rotatable bonds is 4. The van der Waals surface area contributed by atoms with Crippen molar-refractivity contribution in [2.24, 2.45) is 4.99 Å². The minimum Gasteiger partial charge on any atom is -0.478 e. The molecule has 0 bridgehead atoms. The molecule has 9 heteroatoms. The van der Waals surface area contributed by atoms with E-state index in [9.17, 15) is 9.18 Å². The zero-order chi connectivity index (χ0) is 23.7. The molecule has 0 unspecified atom stereocenters. The molecule has 4 aromatic rings. The Kier molecular flexibility index (Phi) is 5.73. The number of pyridine rings is 1. The number of anilines is 2. The van der Waals surface area contributed by atoms with Crippen LogP contribution in [0, 0.1) is 5.82 Å². The lowest BCUT2D eigenvalue weighted by Gasteiger charge is -2.18. The third-order valence-corrected chi connectivity index (χ3v) is 5.64. The van der Waals surface area contributed by atoms with Crippen LogP contribution in [0.1, 0.15) is 27.2 Å². The third kappa shape index (κ3) is 4.35. The number of aromatic nitrogens is 3. The molecule has 0 atom stereocenters. The molecule has 0 spiro atoms. The van der Waals surface area contributed by atoms with Gasteiger partial charge in [0.15, 0.2) is 5.82 Å². The van der Waals surface area contributed by atoms with Crippen LogP contribution in [0.4, 0.5) is 16.0 Å². The van der Waals surface area contributed by atoms with E-state index in [0.717, 1.165) is 16.7 Å². The number of benzene rings is 2. The van der Waals surface area contributed by atoms with E-state index in [0.29, 0.717) is 34.5 Å². The Morgan fingerprint density at radius 1 is 1.03 bits per heavy atom. The Balaban J connectivity index is 1.55. The van der Waals surface area contributed by atoms with Gasteiger partial charge in [-0.15, -0.1) is 0 Å². The number of carbonyl (C=O) groups is 1. The van der Waals surface area contributed by atoms with Gasteiger partial charge in [0.1, 0.15) is 5.69 Å². The molecule has 2 N–H and O–H groups in total. The highest BCUT2D eigenvalue weighted by molar-refractivity contribution is 6.30. The number of carboxylic acid groups (broad SMARTS) is 1. The Morgan fingerprint density at radius 3 is 2.62 bits per heavy atom. The van der Waals surface area contributed by atoms with E-state index < -0.39 is 11.8 Å². The first-order valence-corrected chi connectivity index (χ1v) is 10.7. The SMILES string of the molecule is O=C(O)c1ccc(Nc2ncc3c(n2)-c2ccc(Cl)cc2C/C(c2ncccc2F)=N\C3)cc1. The minimum atomic E-state index is -0.996. The lowest BCUT2D eigenvalue weighted by atomic mass is 9.94. The van der Waals surface area contributed by atoms with E-state index in [1.165, 1.54) is 24.4 Å². The van der Waals surface area contributed by atoms with Crippen LogP contribution in [0.3, 0.4) is 0 Å². The zero-order valence-electron chi connectivity index (χ0n) is 17.7. The van der Waals surface area contributed by atoms with Crippen molar-refractivity contribution >= 4 is 34.9 Å². The first kappa shape index (κ1) is 21.7. The minimum absolute atomic E-state index is 0.188. The summed E-state index contributed by atoms with van der Waals surface area (Å²) in [5, 5.41) is 12.7. The third-order valence-electron chi connectivity index (χ3n) is 5.40. The normalized spacial score (nSPS) is 14.1. The number of hydrogen-bond acceptors (Lipinski definition) is 6. The number of nitrogens with one attached hydrogen (secondary N) is 1. The molecule has 3 heterocycles. The number of aliphatic imine (C=N–C) groups is 1. The van der Waals surface area contributed by atoms with E-state index in [1.807, 2.05) is 12.1 Å². The average Bonchev–Trinajstić information content (AvgIpc) is 2.82. The maximum Gasteiger partial charge on any atom is 0.335 e. The molecule has 7 nitrogen and oxygen atoms in total. The molecule has 2 aromatic heterocycles. The second-order valence-corrected chi connectivity index (χ2v) is 8.09. The van der Waals surface area contributed by atoms with Gasteiger partial charge in [0.05, 0.1) is 23.5 Å². The first-order valence-electron chi connectivity index (χ1n) is 10.4. The highest BCUT2D eigenvalue weighted by Crippen LogP contribution is 2.32. The molecule has 168 valence electrons. The molecule has 0 saturated carbocycles. The number of halogens is 2. The van der Waals surface area contributed by atoms with Gasteiger partial charge < -0.3 is 10.4 Å². The molecular formula is C25H17ClFN5O2. The maximum atomic E-state index is 14.5. The summed E-state index contributed by atoms with van der Waals surface area (Å²) in [5.41, 5.74) is 4.71. The average molecular weight is 474 g/mol. The summed E-state index contributed by atoms with van der Waals surface area (Å²) in [5.74, 6) is -1.08. The van der Waals surface area contributed by atoms with Gasteiger partial charge >= 0.3 is 5.97 Å². The standard InChI is InChI=1S/C25H17ClFN5O2/c26-17-5-8-19-15(10-17)11-21(23-20(27)2-1-9-28-23)29-12-16-13-30-25(32-22(16)19)31-18-6-3-14(4-7-18)24(33)34/h1-10,13H,11-12H2,(H,33,34)(H,30,31,32)/b29-21+. The summed E-state index contributed by atoms with van der Waals surface area (Å²) in [6.45, 7) is 0.260. The predicted octanol–water partition coefficient (Wildman–Crippen LogP) is 5.32. The summed E-state index contributed by atoms with van der Waals surface area (Å²) < 4.78 is 14.5. The van der Waals surface area contributed by atoms with E-state index in [4.69, 9.17) is 21.7 Å². The lowest BCUT2D eigenvalue weighted by molar-refractivity contribution is 0.0697. The van der Waals surface area contributed by atoms with Crippen molar-refractivity contribution in [2.45, 2.75) is 13.0 Å². The van der Waals surface area contributed by atoms with Crippen molar-refractivity contribution in [3.63, 3.8) is 0 Å². The number of carboxylic acids is 1. The molecule has 1 aliphatic heterocycles. The van der Waals surface area contributed by atoms with E-state index >= 15 is 0 Å². The fourth-order valence-corrected chi connectivity index (χ4v) is 3.95. The van der Waals surface area contributed by atoms with E-state index in [2.05, 4.69) is 20.3 Å². The summed E-state index contributed by atoms with van der Waals surface area (Å²) in [7, 11) is 0. The second-order valence-electron chi connectivity index (χ2n) is 7.65. The van der Waals surface area contributed by atoms with Crippen LogP contribution in [-0.2, 0) is 13.0 Å². The summed E-state index contributed by atoms with van der Waals surface area (Å²) in [6.07, 6.45) is 3.55. The molecular weight excluding hydrogens is 457 g/mol. The topological polar surface area (TPSA) is 100 Å². The largest absolute Gasteiger partial charge is 0.478 e. The van der Waals surface area contributed by atoms with Crippen LogP contribution in [0.2, 0.25) is 5.02 Å². The summed E-state index contributed by atoms with van der Waals surface area (Å²) in [6, 6.07) is 14.7. The van der Waals surface area contributed by atoms with Gasteiger partial charge in [-0.05, 0) is 54.1 Å². The van der Waals surface area contributed by atoms with Gasteiger partial charge in [-0.2, -0.15) is 0 Å². The van der Waals surface area contributed by atoms with Gasteiger partial charge in [-0.25, -0.2) is 19.2 Å². The van der Waals surface area contributed by atoms with Crippen LogP contribution in [0.25, 0.3) is 11.3 Å². The van der Waals surface area contributed by atoms with Gasteiger partial charge in [-0.3, -0.25) is 9.98 Å². The van der Waals surface area contributed by atoms with Crippen molar-refractivity contribution in [1.82, 2.24) is 15.0 Å². The Bertz CT molecular complexity index is 1440. The van der Waals surface area contributed by atoms with Crippen molar-refractivity contribution in [3.05, 3.63) is 100 Å². The number of nitrogens with zero attached hydrogens (tertiary/aromatic N) is 4. The monoisotopic (exact) mass is 473 g/mol. The van der Waals surface area contributed by atoms with Gasteiger partial charge in [0, 0.05) is 40.7 Å². The highest BCUT2D eigenvalue weighted by Gasteiger charge is 2.21. The Morgan fingerprint density at radius 2 is 1.85 bits per heavy atom. The van der Waals surface area contributed by atoms with Gasteiger partial charge in [-0.1, -0.05) is 17.7 Å². The fourth-order valence-electron chi connectivity index (χ4n) is 3.75. The molecule has 0 aliphatic carbocycles. The maximum absolute atomic E-state index is 14.5. The molecule has 1 aliphatic rings.